The SMILES string of the molecule is O=S(=O)(c1ccccc1)N(O)c1ccccc1I. The number of para-hydroxylation sites is 1. The van der Waals surface area contributed by atoms with Crippen LogP contribution in [0.4, 0.5) is 5.69 Å². The molecule has 0 saturated heterocycles. The third-order valence-electron chi connectivity index (χ3n) is 2.33. The van der Waals surface area contributed by atoms with E-state index in [0.29, 0.717) is 8.04 Å². The number of hydrogen-bond acceptors (Lipinski definition) is 3. The van der Waals surface area contributed by atoms with Crippen LogP contribution in [0.5, 0.6) is 0 Å². The highest BCUT2D eigenvalue weighted by Gasteiger charge is 2.24. The predicted molar refractivity (Wildman–Crippen MR) is 77.1 cm³/mol. The van der Waals surface area contributed by atoms with E-state index in [9.17, 15) is 13.6 Å². The van der Waals surface area contributed by atoms with Crippen LogP contribution in [0, 0.1) is 3.57 Å². The molecule has 0 amide bonds. The molecule has 0 heterocycles. The lowest BCUT2D eigenvalue weighted by Crippen LogP contribution is -2.27. The Morgan fingerprint density at radius 3 is 2.11 bits per heavy atom. The number of anilines is 1. The number of nitrogens with zero attached hydrogens (tertiary/aromatic N) is 1. The maximum absolute atomic E-state index is 12.2. The van der Waals surface area contributed by atoms with E-state index < -0.39 is 10.0 Å². The van der Waals surface area contributed by atoms with E-state index in [1.54, 1.807) is 42.5 Å². The van der Waals surface area contributed by atoms with Crippen molar-refractivity contribution in [2.24, 2.45) is 0 Å². The second-order valence-electron chi connectivity index (χ2n) is 3.51. The average molecular weight is 375 g/mol. The van der Waals surface area contributed by atoms with Gasteiger partial charge in [-0.3, -0.25) is 5.21 Å². The van der Waals surface area contributed by atoms with Crippen molar-refractivity contribution >= 4 is 38.3 Å². The molecule has 0 aliphatic carbocycles. The summed E-state index contributed by atoms with van der Waals surface area (Å²) < 4.78 is 25.3. The van der Waals surface area contributed by atoms with Gasteiger partial charge in [0.1, 0.15) is 0 Å². The van der Waals surface area contributed by atoms with E-state index >= 15 is 0 Å². The Kier molecular flexibility index (Phi) is 3.88. The van der Waals surface area contributed by atoms with Gasteiger partial charge in [0, 0.05) is 3.57 Å². The molecule has 4 nitrogen and oxygen atoms in total. The molecule has 6 heteroatoms. The fourth-order valence-corrected chi connectivity index (χ4v) is 3.33. The number of hydrogen-bond donors (Lipinski definition) is 1. The third kappa shape index (κ3) is 2.50. The lowest BCUT2D eigenvalue weighted by atomic mass is 10.3. The molecule has 1 N–H and O–H groups in total. The van der Waals surface area contributed by atoms with Crippen molar-refractivity contribution in [2.45, 2.75) is 4.90 Å². The highest BCUT2D eigenvalue weighted by atomic mass is 127. The molecule has 94 valence electrons. The normalized spacial score (nSPS) is 11.2. The van der Waals surface area contributed by atoms with Gasteiger partial charge >= 0.3 is 0 Å². The van der Waals surface area contributed by atoms with Gasteiger partial charge in [-0.15, -0.1) is 4.47 Å². The Morgan fingerprint density at radius 1 is 0.944 bits per heavy atom. The van der Waals surface area contributed by atoms with Crippen LogP contribution in [0.1, 0.15) is 0 Å². The molecule has 0 radical (unpaired) electrons. The first kappa shape index (κ1) is 13.3. The van der Waals surface area contributed by atoms with E-state index in [1.165, 1.54) is 12.1 Å². The molecule has 0 saturated carbocycles. The van der Waals surface area contributed by atoms with E-state index in [-0.39, 0.29) is 10.6 Å². The topological polar surface area (TPSA) is 57.6 Å². The van der Waals surface area contributed by atoms with E-state index in [0.717, 1.165) is 0 Å². The lowest BCUT2D eigenvalue weighted by Gasteiger charge is -2.18. The summed E-state index contributed by atoms with van der Waals surface area (Å²) in [6.07, 6.45) is 0. The molecule has 0 unspecified atom stereocenters. The molecule has 2 rings (SSSR count). The number of benzene rings is 2. The van der Waals surface area contributed by atoms with Gasteiger partial charge < -0.3 is 0 Å². The van der Waals surface area contributed by atoms with Gasteiger partial charge in [-0.25, -0.2) is 0 Å². The van der Waals surface area contributed by atoms with Gasteiger partial charge in [0.2, 0.25) is 0 Å². The quantitative estimate of drug-likeness (QED) is 0.663. The molecule has 0 bridgehead atoms. The monoisotopic (exact) mass is 375 g/mol. The van der Waals surface area contributed by atoms with Crippen LogP contribution in [0.15, 0.2) is 59.5 Å². The first-order valence-corrected chi connectivity index (χ1v) is 7.59. The lowest BCUT2D eigenvalue weighted by molar-refractivity contribution is 0.315. The van der Waals surface area contributed by atoms with Crippen molar-refractivity contribution in [2.75, 3.05) is 4.47 Å². The number of rotatable bonds is 3. The standard InChI is InChI=1S/C12H10INO3S/c13-11-8-4-5-9-12(11)14(15)18(16,17)10-6-2-1-3-7-10/h1-9,15H. The fraction of sp³-hybridized carbons (Fsp3) is 0. The molecule has 18 heavy (non-hydrogen) atoms. The summed E-state index contributed by atoms with van der Waals surface area (Å²) in [5.74, 6) is 0. The van der Waals surface area contributed by atoms with Crippen molar-refractivity contribution in [1.29, 1.82) is 0 Å². The van der Waals surface area contributed by atoms with Crippen LogP contribution in [0.3, 0.4) is 0 Å². The second-order valence-corrected chi connectivity index (χ2v) is 6.44. The number of sulfonamides is 1. The molecule has 2 aromatic rings. The number of halogens is 1. The minimum atomic E-state index is -3.93. The smallest absolute Gasteiger partial charge is 0.274 e. The van der Waals surface area contributed by atoms with Crippen LogP contribution in [-0.4, -0.2) is 13.6 Å². The van der Waals surface area contributed by atoms with Crippen LogP contribution < -0.4 is 4.47 Å². The van der Waals surface area contributed by atoms with Gasteiger partial charge in [-0.2, -0.15) is 8.42 Å². The summed E-state index contributed by atoms with van der Waals surface area (Å²) in [6.45, 7) is 0. The van der Waals surface area contributed by atoms with Gasteiger partial charge in [-0.05, 0) is 46.9 Å². The predicted octanol–water partition coefficient (Wildman–Crippen LogP) is 2.88. The summed E-state index contributed by atoms with van der Waals surface area (Å²) in [4.78, 5) is 0.0483. The first-order chi connectivity index (χ1) is 8.53. The molecule has 0 aliphatic rings. The molecular weight excluding hydrogens is 365 g/mol. The van der Waals surface area contributed by atoms with Crippen molar-refractivity contribution < 1.29 is 13.6 Å². The Balaban J connectivity index is 2.47. The average Bonchev–Trinajstić information content (AvgIpc) is 2.39. The second kappa shape index (κ2) is 5.25. The molecule has 0 aromatic heterocycles. The van der Waals surface area contributed by atoms with Crippen molar-refractivity contribution in [1.82, 2.24) is 0 Å². The van der Waals surface area contributed by atoms with E-state index in [2.05, 4.69) is 0 Å². The summed E-state index contributed by atoms with van der Waals surface area (Å²) in [6, 6.07) is 14.5. The van der Waals surface area contributed by atoms with Gasteiger partial charge in [0.05, 0.1) is 10.6 Å². The molecule has 2 aromatic carbocycles. The van der Waals surface area contributed by atoms with Crippen molar-refractivity contribution in [3.63, 3.8) is 0 Å². The highest BCUT2D eigenvalue weighted by Crippen LogP contribution is 2.26. The maximum Gasteiger partial charge on any atom is 0.286 e. The molecule has 0 aliphatic heterocycles. The van der Waals surface area contributed by atoms with E-state index in [4.69, 9.17) is 0 Å². The largest absolute Gasteiger partial charge is 0.286 e. The zero-order valence-corrected chi connectivity index (χ0v) is 12.2. The van der Waals surface area contributed by atoms with Crippen molar-refractivity contribution in [3.05, 3.63) is 58.2 Å². The Labute approximate surface area is 119 Å². The van der Waals surface area contributed by atoms with Gasteiger partial charge in [0.25, 0.3) is 10.0 Å². The zero-order chi connectivity index (χ0) is 13.2. The minimum absolute atomic E-state index is 0.0483. The maximum atomic E-state index is 12.2. The van der Waals surface area contributed by atoms with Crippen LogP contribution in [0.2, 0.25) is 0 Å². The van der Waals surface area contributed by atoms with Crippen LogP contribution in [-0.2, 0) is 10.0 Å². The Bertz CT molecular complexity index is 643. The van der Waals surface area contributed by atoms with Gasteiger partial charge in [-0.1, -0.05) is 30.3 Å². The Morgan fingerprint density at radius 2 is 1.50 bits per heavy atom. The minimum Gasteiger partial charge on any atom is -0.274 e. The zero-order valence-electron chi connectivity index (χ0n) is 9.19. The van der Waals surface area contributed by atoms with Crippen molar-refractivity contribution in [3.8, 4) is 0 Å². The summed E-state index contributed by atoms with van der Waals surface area (Å²) in [7, 11) is -3.93. The van der Waals surface area contributed by atoms with Crippen LogP contribution >= 0.6 is 22.6 Å². The third-order valence-corrected chi connectivity index (χ3v) is 4.76. The molecular formula is C12H10INO3S. The fourth-order valence-electron chi connectivity index (χ4n) is 1.43. The summed E-state index contributed by atoms with van der Waals surface area (Å²) in [5, 5.41) is 9.92. The van der Waals surface area contributed by atoms with E-state index in [1.807, 2.05) is 22.6 Å². The molecule has 0 fully saturated rings. The summed E-state index contributed by atoms with van der Waals surface area (Å²) in [5.41, 5.74) is 0.238. The van der Waals surface area contributed by atoms with Gasteiger partial charge in [0.15, 0.2) is 0 Å². The highest BCUT2D eigenvalue weighted by molar-refractivity contribution is 14.1. The molecule has 0 spiro atoms. The molecule has 0 atom stereocenters. The summed E-state index contributed by atoms with van der Waals surface area (Å²) >= 11 is 1.97. The van der Waals surface area contributed by atoms with Crippen LogP contribution in [0.25, 0.3) is 0 Å². The Hall–Kier alpha value is -1.12. The first-order valence-electron chi connectivity index (χ1n) is 5.07.